The van der Waals surface area contributed by atoms with Gasteiger partial charge in [0.25, 0.3) is 0 Å². The first-order chi connectivity index (χ1) is 9.88. The zero-order chi connectivity index (χ0) is 17.7. The highest BCUT2D eigenvalue weighted by Crippen LogP contribution is 2.08. The van der Waals surface area contributed by atoms with Crippen molar-refractivity contribution in [3.05, 3.63) is 0 Å². The molecule has 8 N–H and O–H groups in total. The average Bonchev–Trinajstić information content (AvgIpc) is 2.34. The van der Waals surface area contributed by atoms with Crippen LogP contribution in [0.5, 0.6) is 0 Å². The molecule has 126 valence electrons. The van der Waals surface area contributed by atoms with E-state index in [0.717, 1.165) is 6.92 Å². The van der Waals surface area contributed by atoms with Crippen LogP contribution in [0, 0.1) is 5.92 Å². The summed E-state index contributed by atoms with van der Waals surface area (Å²) in [6.45, 7) is 4.38. The van der Waals surface area contributed by atoms with Crippen molar-refractivity contribution in [2.75, 3.05) is 0 Å². The zero-order valence-corrected chi connectivity index (χ0v) is 12.7. The van der Waals surface area contributed by atoms with Gasteiger partial charge in [-0.05, 0) is 12.8 Å². The number of carboxylic acids is 1. The van der Waals surface area contributed by atoms with Crippen LogP contribution in [0.15, 0.2) is 0 Å². The number of hydrogen-bond donors (Lipinski definition) is 5. The first kappa shape index (κ1) is 20.0. The molecule has 0 aromatic rings. The van der Waals surface area contributed by atoms with E-state index in [4.69, 9.17) is 22.3 Å². The SMILES string of the molecule is CC(C)[C@H](N[C@@](C)(N)C(=O)OC(=O)[C@@H](N)CC(N)=O)C(=O)O. The molecule has 0 aliphatic rings. The minimum absolute atomic E-state index is 0.374. The second-order valence-electron chi connectivity index (χ2n) is 5.39. The molecule has 0 saturated carbocycles. The van der Waals surface area contributed by atoms with E-state index in [1.165, 1.54) is 0 Å². The van der Waals surface area contributed by atoms with E-state index >= 15 is 0 Å². The van der Waals surface area contributed by atoms with Gasteiger partial charge in [0.1, 0.15) is 12.1 Å². The smallest absolute Gasteiger partial charge is 0.348 e. The highest BCUT2D eigenvalue weighted by atomic mass is 16.6. The number of esters is 2. The molecule has 0 rings (SSSR count). The Hall–Kier alpha value is -2.04. The van der Waals surface area contributed by atoms with Crippen molar-refractivity contribution in [1.29, 1.82) is 0 Å². The van der Waals surface area contributed by atoms with Crippen LogP contribution in [0.1, 0.15) is 27.2 Å². The van der Waals surface area contributed by atoms with Crippen molar-refractivity contribution in [3.8, 4) is 0 Å². The Balaban J connectivity index is 4.84. The molecular formula is C12H22N4O6. The lowest BCUT2D eigenvalue weighted by Crippen LogP contribution is -2.64. The third kappa shape index (κ3) is 6.16. The molecule has 10 nitrogen and oxygen atoms in total. The van der Waals surface area contributed by atoms with Crippen LogP contribution in [0.3, 0.4) is 0 Å². The second-order valence-corrected chi connectivity index (χ2v) is 5.39. The molecule has 0 bridgehead atoms. The Morgan fingerprint density at radius 3 is 2.14 bits per heavy atom. The molecule has 3 atom stereocenters. The molecule has 22 heavy (non-hydrogen) atoms. The van der Waals surface area contributed by atoms with Crippen molar-refractivity contribution in [3.63, 3.8) is 0 Å². The first-order valence-electron chi connectivity index (χ1n) is 6.47. The van der Waals surface area contributed by atoms with Crippen LogP contribution in [0.4, 0.5) is 0 Å². The highest BCUT2D eigenvalue weighted by Gasteiger charge is 2.38. The molecular weight excluding hydrogens is 296 g/mol. The summed E-state index contributed by atoms with van der Waals surface area (Å²) in [6.07, 6.45) is -0.495. The van der Waals surface area contributed by atoms with E-state index < -0.39 is 48.0 Å². The maximum atomic E-state index is 11.9. The van der Waals surface area contributed by atoms with Crippen LogP contribution < -0.4 is 22.5 Å². The average molecular weight is 318 g/mol. The van der Waals surface area contributed by atoms with Gasteiger partial charge in [-0.2, -0.15) is 0 Å². The van der Waals surface area contributed by atoms with Gasteiger partial charge in [-0.25, -0.2) is 9.59 Å². The fraction of sp³-hybridized carbons (Fsp3) is 0.667. The molecule has 1 amide bonds. The van der Waals surface area contributed by atoms with Crippen LogP contribution >= 0.6 is 0 Å². The van der Waals surface area contributed by atoms with Crippen molar-refractivity contribution >= 4 is 23.8 Å². The standard InChI is InChI=1S/C12H22N4O6/c1-5(2)8(9(18)19)16-12(3,15)11(21)22-10(20)6(13)4-7(14)17/h5-6,8,16H,4,13,15H2,1-3H3,(H2,14,17)(H,18,19)/t6-,8-,12+/m0/s1. The molecule has 0 fully saturated rings. The van der Waals surface area contributed by atoms with E-state index in [0.29, 0.717) is 0 Å². The van der Waals surface area contributed by atoms with Gasteiger partial charge in [0.2, 0.25) is 5.91 Å². The number of nitrogens with two attached hydrogens (primary N) is 3. The molecule has 0 heterocycles. The van der Waals surface area contributed by atoms with Gasteiger partial charge in [-0.3, -0.25) is 14.9 Å². The summed E-state index contributed by atoms with van der Waals surface area (Å²) in [4.78, 5) is 45.1. The van der Waals surface area contributed by atoms with Gasteiger partial charge < -0.3 is 27.0 Å². The number of carbonyl (C=O) groups excluding carboxylic acids is 3. The summed E-state index contributed by atoms with van der Waals surface area (Å²) in [6, 6.07) is -2.53. The molecule has 0 aromatic heterocycles. The quantitative estimate of drug-likeness (QED) is 0.185. The van der Waals surface area contributed by atoms with E-state index in [2.05, 4.69) is 10.1 Å². The van der Waals surface area contributed by atoms with Crippen LogP contribution in [-0.4, -0.2) is 46.7 Å². The van der Waals surface area contributed by atoms with E-state index in [1.807, 2.05) is 0 Å². The topological polar surface area (TPSA) is 188 Å². The minimum atomic E-state index is -1.94. The van der Waals surface area contributed by atoms with Crippen molar-refractivity contribution < 1.29 is 29.0 Å². The monoisotopic (exact) mass is 318 g/mol. The Morgan fingerprint density at radius 2 is 1.77 bits per heavy atom. The number of nitrogens with one attached hydrogen (secondary N) is 1. The second kappa shape index (κ2) is 7.82. The third-order valence-electron chi connectivity index (χ3n) is 2.73. The summed E-state index contributed by atoms with van der Waals surface area (Å²) in [5.41, 5.74) is 13.9. The number of primary amides is 1. The van der Waals surface area contributed by atoms with Gasteiger partial charge in [0.05, 0.1) is 6.42 Å². The molecule has 10 heteroatoms. The van der Waals surface area contributed by atoms with Gasteiger partial charge in [-0.1, -0.05) is 13.8 Å². The van der Waals surface area contributed by atoms with Gasteiger partial charge in [0.15, 0.2) is 5.66 Å². The highest BCUT2D eigenvalue weighted by molar-refractivity contribution is 5.94. The fourth-order valence-corrected chi connectivity index (χ4v) is 1.47. The van der Waals surface area contributed by atoms with E-state index in [9.17, 15) is 19.2 Å². The maximum Gasteiger partial charge on any atom is 0.348 e. The van der Waals surface area contributed by atoms with E-state index in [1.54, 1.807) is 13.8 Å². The van der Waals surface area contributed by atoms with Gasteiger partial charge in [-0.15, -0.1) is 0 Å². The predicted octanol–water partition coefficient (Wildman–Crippen LogP) is -2.37. The number of carboxylic acid groups (broad SMARTS) is 1. The number of aliphatic carboxylic acids is 1. The lowest BCUT2D eigenvalue weighted by molar-refractivity contribution is -0.166. The van der Waals surface area contributed by atoms with Crippen molar-refractivity contribution in [2.45, 2.75) is 44.9 Å². The predicted molar refractivity (Wildman–Crippen MR) is 74.9 cm³/mol. The number of carbonyl (C=O) groups is 4. The molecule has 0 radical (unpaired) electrons. The van der Waals surface area contributed by atoms with Crippen LogP contribution in [0.2, 0.25) is 0 Å². The Labute approximate surface area is 127 Å². The molecule has 0 saturated heterocycles. The minimum Gasteiger partial charge on any atom is -0.480 e. The largest absolute Gasteiger partial charge is 0.480 e. The Bertz CT molecular complexity index is 463. The zero-order valence-electron chi connectivity index (χ0n) is 12.7. The number of ether oxygens (including phenoxy) is 1. The number of amides is 1. The summed E-state index contributed by atoms with van der Waals surface area (Å²) < 4.78 is 4.45. The normalized spacial score (nSPS) is 16.5. The van der Waals surface area contributed by atoms with Crippen molar-refractivity contribution in [2.24, 2.45) is 23.1 Å². The number of hydrogen-bond acceptors (Lipinski definition) is 8. The van der Waals surface area contributed by atoms with Gasteiger partial charge >= 0.3 is 17.9 Å². The molecule has 0 aromatic carbocycles. The maximum absolute atomic E-state index is 11.9. The third-order valence-corrected chi connectivity index (χ3v) is 2.73. The van der Waals surface area contributed by atoms with Crippen LogP contribution in [0.25, 0.3) is 0 Å². The number of rotatable bonds is 8. The lowest BCUT2D eigenvalue weighted by atomic mass is 10.0. The van der Waals surface area contributed by atoms with Crippen molar-refractivity contribution in [1.82, 2.24) is 5.32 Å². The lowest BCUT2D eigenvalue weighted by Gasteiger charge is -2.29. The molecule has 0 aliphatic carbocycles. The first-order valence-corrected chi connectivity index (χ1v) is 6.47. The summed E-state index contributed by atoms with van der Waals surface area (Å²) in [7, 11) is 0. The fourth-order valence-electron chi connectivity index (χ4n) is 1.47. The Kier molecular flexibility index (Phi) is 7.10. The summed E-state index contributed by atoms with van der Waals surface area (Å²) in [5, 5.41) is 11.4. The molecule has 0 aliphatic heterocycles. The van der Waals surface area contributed by atoms with Gasteiger partial charge in [0, 0.05) is 0 Å². The Morgan fingerprint density at radius 1 is 1.27 bits per heavy atom. The summed E-state index contributed by atoms with van der Waals surface area (Å²) in [5.74, 6) is -4.82. The van der Waals surface area contributed by atoms with E-state index in [-0.39, 0.29) is 5.92 Å². The summed E-state index contributed by atoms with van der Waals surface area (Å²) >= 11 is 0. The molecule has 0 spiro atoms. The molecule has 0 unspecified atom stereocenters. The van der Waals surface area contributed by atoms with Crippen LogP contribution in [-0.2, 0) is 23.9 Å².